The zero-order valence-corrected chi connectivity index (χ0v) is 15.0. The van der Waals surface area contributed by atoms with Crippen molar-refractivity contribution in [2.24, 2.45) is 5.92 Å². The number of nitrogens with zero attached hydrogens (tertiary/aromatic N) is 1. The van der Waals surface area contributed by atoms with Crippen molar-refractivity contribution in [1.82, 2.24) is 4.90 Å². The second-order valence-corrected chi connectivity index (χ2v) is 9.03. The van der Waals surface area contributed by atoms with Gasteiger partial charge in [0.25, 0.3) is 0 Å². The molecule has 0 N–H and O–H groups in total. The van der Waals surface area contributed by atoms with Crippen molar-refractivity contribution < 1.29 is 0 Å². The van der Waals surface area contributed by atoms with E-state index in [9.17, 15) is 0 Å². The first-order valence-electron chi connectivity index (χ1n) is 10.3. The molecule has 1 saturated carbocycles. The van der Waals surface area contributed by atoms with E-state index in [1.807, 2.05) is 0 Å². The fourth-order valence-electron chi connectivity index (χ4n) is 6.84. The summed E-state index contributed by atoms with van der Waals surface area (Å²) in [5, 5.41) is 0. The Bertz CT molecular complexity index is 807. The van der Waals surface area contributed by atoms with E-state index >= 15 is 0 Å². The molecule has 0 aromatic heterocycles. The average molecular weight is 329 g/mol. The third kappa shape index (κ3) is 1.94. The molecule has 1 heterocycles. The molecule has 2 bridgehead atoms. The highest BCUT2D eigenvalue weighted by molar-refractivity contribution is 5.58. The van der Waals surface area contributed by atoms with E-state index in [2.05, 4.69) is 53.4 Å². The topological polar surface area (TPSA) is 3.24 Å². The minimum atomic E-state index is 0.383. The maximum Gasteiger partial charge on any atom is 0.0173 e. The van der Waals surface area contributed by atoms with Crippen molar-refractivity contribution in [2.75, 3.05) is 19.6 Å². The van der Waals surface area contributed by atoms with Crippen LogP contribution in [0.4, 0.5) is 0 Å². The van der Waals surface area contributed by atoms with Crippen molar-refractivity contribution in [3.63, 3.8) is 0 Å². The van der Waals surface area contributed by atoms with Gasteiger partial charge in [-0.3, -0.25) is 0 Å². The van der Waals surface area contributed by atoms with Gasteiger partial charge in [0.05, 0.1) is 0 Å². The summed E-state index contributed by atoms with van der Waals surface area (Å²) in [6.07, 6.45) is 7.19. The van der Waals surface area contributed by atoms with Crippen LogP contribution in [0.3, 0.4) is 0 Å². The number of rotatable bonds is 2. The highest BCUT2D eigenvalue weighted by Gasteiger charge is 2.57. The predicted molar refractivity (Wildman–Crippen MR) is 102 cm³/mol. The summed E-state index contributed by atoms with van der Waals surface area (Å²) in [6, 6.07) is 18.7. The Morgan fingerprint density at radius 2 is 1.60 bits per heavy atom. The van der Waals surface area contributed by atoms with Crippen LogP contribution in [0.1, 0.15) is 66.2 Å². The normalized spacial score (nSPS) is 33.3. The molecule has 1 aliphatic heterocycles. The van der Waals surface area contributed by atoms with Crippen molar-refractivity contribution >= 4 is 0 Å². The lowest BCUT2D eigenvalue weighted by molar-refractivity contribution is 0.260. The number of fused-ring (bicyclic) bond motifs is 3. The quantitative estimate of drug-likeness (QED) is 0.744. The molecule has 4 aliphatic rings. The molecule has 25 heavy (non-hydrogen) atoms. The standard InChI is InChI=1S/C24H27N/c1-2-8-17(7-1)14-25-15-23-19-10-4-3-9-18(19)21-13-24(23,16-25)22-12-6-5-11-20(21)22/h3-6,9-12,17,21,23H,1-2,7-8,13-16H2. The van der Waals surface area contributed by atoms with Crippen molar-refractivity contribution in [3.05, 3.63) is 70.8 Å². The van der Waals surface area contributed by atoms with Gasteiger partial charge in [-0.1, -0.05) is 61.4 Å². The monoisotopic (exact) mass is 329 g/mol. The van der Waals surface area contributed by atoms with Crippen LogP contribution < -0.4 is 0 Å². The molecule has 3 unspecified atom stereocenters. The molecule has 2 aromatic carbocycles. The molecular weight excluding hydrogens is 302 g/mol. The second-order valence-electron chi connectivity index (χ2n) is 9.03. The minimum absolute atomic E-state index is 0.383. The minimum Gasteiger partial charge on any atom is -0.302 e. The number of hydrogen-bond acceptors (Lipinski definition) is 1. The molecule has 128 valence electrons. The van der Waals surface area contributed by atoms with Gasteiger partial charge in [0, 0.05) is 36.9 Å². The summed E-state index contributed by atoms with van der Waals surface area (Å²) in [6.45, 7) is 3.90. The number of benzene rings is 2. The van der Waals surface area contributed by atoms with Gasteiger partial charge in [-0.05, 0) is 47.4 Å². The summed E-state index contributed by atoms with van der Waals surface area (Å²) in [4.78, 5) is 2.84. The van der Waals surface area contributed by atoms with Gasteiger partial charge in [0.2, 0.25) is 0 Å². The molecule has 1 saturated heterocycles. The Balaban J connectivity index is 1.46. The van der Waals surface area contributed by atoms with Gasteiger partial charge < -0.3 is 4.90 Å². The molecule has 6 rings (SSSR count). The summed E-state index contributed by atoms with van der Waals surface area (Å²) >= 11 is 0. The number of likely N-dealkylation sites (tertiary alicyclic amines) is 1. The molecule has 1 heteroatoms. The van der Waals surface area contributed by atoms with E-state index in [1.54, 1.807) is 22.3 Å². The van der Waals surface area contributed by atoms with Crippen LogP contribution >= 0.6 is 0 Å². The zero-order valence-electron chi connectivity index (χ0n) is 15.0. The van der Waals surface area contributed by atoms with Crippen molar-refractivity contribution in [1.29, 1.82) is 0 Å². The molecule has 1 spiro atoms. The molecule has 0 amide bonds. The van der Waals surface area contributed by atoms with Gasteiger partial charge >= 0.3 is 0 Å². The Hall–Kier alpha value is -1.60. The van der Waals surface area contributed by atoms with Crippen molar-refractivity contribution in [3.8, 4) is 0 Å². The third-order valence-corrected chi connectivity index (χ3v) is 7.79. The highest BCUT2D eigenvalue weighted by atomic mass is 15.2. The lowest BCUT2D eigenvalue weighted by Gasteiger charge is -2.37. The van der Waals surface area contributed by atoms with Crippen LogP contribution in [-0.2, 0) is 5.41 Å². The van der Waals surface area contributed by atoms with E-state index in [-0.39, 0.29) is 0 Å². The fourth-order valence-corrected chi connectivity index (χ4v) is 6.84. The van der Waals surface area contributed by atoms with E-state index < -0.39 is 0 Å². The second kappa shape index (κ2) is 5.20. The van der Waals surface area contributed by atoms with E-state index in [4.69, 9.17) is 0 Å². The lowest BCUT2D eigenvalue weighted by atomic mass is 9.65. The smallest absolute Gasteiger partial charge is 0.0173 e. The van der Waals surface area contributed by atoms with Crippen LogP contribution in [0.2, 0.25) is 0 Å². The number of hydrogen-bond donors (Lipinski definition) is 0. The Morgan fingerprint density at radius 3 is 2.44 bits per heavy atom. The summed E-state index contributed by atoms with van der Waals surface area (Å²) in [5.41, 5.74) is 6.96. The molecule has 2 aromatic rings. The van der Waals surface area contributed by atoms with Crippen LogP contribution in [0.25, 0.3) is 0 Å². The van der Waals surface area contributed by atoms with Gasteiger partial charge in [-0.25, -0.2) is 0 Å². The predicted octanol–water partition coefficient (Wildman–Crippen LogP) is 5.06. The van der Waals surface area contributed by atoms with Gasteiger partial charge in [0.1, 0.15) is 0 Å². The lowest BCUT2D eigenvalue weighted by Crippen LogP contribution is -2.35. The molecule has 3 atom stereocenters. The first kappa shape index (κ1) is 14.6. The van der Waals surface area contributed by atoms with Gasteiger partial charge in [-0.2, -0.15) is 0 Å². The Labute approximate surface area is 151 Å². The summed E-state index contributed by atoms with van der Waals surface area (Å²) in [5.74, 6) is 2.29. The van der Waals surface area contributed by atoms with E-state index in [0.717, 1.165) is 5.92 Å². The average Bonchev–Trinajstić information content (AvgIpc) is 3.35. The van der Waals surface area contributed by atoms with Crippen molar-refractivity contribution in [2.45, 2.75) is 49.4 Å². The van der Waals surface area contributed by atoms with Crippen LogP contribution in [0.5, 0.6) is 0 Å². The first-order valence-corrected chi connectivity index (χ1v) is 10.3. The summed E-state index contributed by atoms with van der Waals surface area (Å²) in [7, 11) is 0. The largest absolute Gasteiger partial charge is 0.302 e. The van der Waals surface area contributed by atoms with E-state index in [1.165, 1.54) is 51.7 Å². The van der Waals surface area contributed by atoms with Gasteiger partial charge in [0.15, 0.2) is 0 Å². The van der Waals surface area contributed by atoms with Gasteiger partial charge in [-0.15, -0.1) is 0 Å². The maximum atomic E-state index is 2.84. The Kier molecular flexibility index (Phi) is 3.03. The van der Waals surface area contributed by atoms with Crippen LogP contribution in [0.15, 0.2) is 48.5 Å². The zero-order chi connectivity index (χ0) is 16.4. The molecule has 3 aliphatic carbocycles. The molecular formula is C24H27N. The highest BCUT2D eigenvalue weighted by Crippen LogP contribution is 2.63. The maximum absolute atomic E-state index is 2.84. The molecule has 2 fully saturated rings. The first-order chi connectivity index (χ1) is 12.4. The Morgan fingerprint density at radius 1 is 0.880 bits per heavy atom. The molecule has 0 radical (unpaired) electrons. The van der Waals surface area contributed by atoms with E-state index in [0.29, 0.717) is 17.3 Å². The SMILES string of the molecule is c1ccc2c(c1)C1CC3(CN(CC4CCCC4)CC23)c2ccccc21. The summed E-state index contributed by atoms with van der Waals surface area (Å²) < 4.78 is 0. The van der Waals surface area contributed by atoms with Crippen LogP contribution in [0, 0.1) is 5.92 Å². The fraction of sp³-hybridized carbons (Fsp3) is 0.500. The third-order valence-electron chi connectivity index (χ3n) is 7.79. The molecule has 1 nitrogen and oxygen atoms in total. The van der Waals surface area contributed by atoms with Crippen LogP contribution in [-0.4, -0.2) is 24.5 Å².